The van der Waals surface area contributed by atoms with Gasteiger partial charge in [-0.25, -0.2) is 0 Å². The molecule has 1 N–H and O–H groups in total. The van der Waals surface area contributed by atoms with Crippen LogP contribution in [0.15, 0.2) is 18.5 Å². The van der Waals surface area contributed by atoms with Crippen LogP contribution in [0.4, 0.5) is 0 Å². The highest BCUT2D eigenvalue weighted by molar-refractivity contribution is 5.94. The summed E-state index contributed by atoms with van der Waals surface area (Å²) in [4.78, 5) is 19.4. The number of nitrogens with zero attached hydrogens (tertiary/aromatic N) is 3. The van der Waals surface area contributed by atoms with E-state index in [4.69, 9.17) is 0 Å². The van der Waals surface area contributed by atoms with Gasteiger partial charge in [0.15, 0.2) is 0 Å². The lowest BCUT2D eigenvalue weighted by Crippen LogP contribution is -2.29. The summed E-state index contributed by atoms with van der Waals surface area (Å²) >= 11 is 0. The van der Waals surface area contributed by atoms with Crippen molar-refractivity contribution >= 4 is 5.91 Å². The number of aromatic nitrogens is 1. The summed E-state index contributed by atoms with van der Waals surface area (Å²) in [5.74, 6) is -0.107. The summed E-state index contributed by atoms with van der Waals surface area (Å²) < 4.78 is 0. The van der Waals surface area contributed by atoms with E-state index < -0.39 is 0 Å². The van der Waals surface area contributed by atoms with Crippen molar-refractivity contribution in [1.29, 1.82) is 0 Å². The first-order chi connectivity index (χ1) is 8.00. The lowest BCUT2D eigenvalue weighted by atomic mass is 10.2. The maximum Gasteiger partial charge on any atom is 0.255 e. The number of rotatable bonds is 5. The molecule has 0 aliphatic carbocycles. The van der Waals surface area contributed by atoms with E-state index in [-0.39, 0.29) is 11.7 Å². The molecule has 0 aromatic carbocycles. The molecule has 1 aromatic rings. The molecule has 94 valence electrons. The van der Waals surface area contributed by atoms with E-state index in [2.05, 4.69) is 9.88 Å². The van der Waals surface area contributed by atoms with Crippen molar-refractivity contribution in [1.82, 2.24) is 14.8 Å². The van der Waals surface area contributed by atoms with Gasteiger partial charge in [0.1, 0.15) is 5.75 Å². The van der Waals surface area contributed by atoms with Crippen LogP contribution in [-0.4, -0.2) is 60.0 Å². The molecule has 17 heavy (non-hydrogen) atoms. The zero-order valence-corrected chi connectivity index (χ0v) is 10.6. The number of pyridine rings is 1. The van der Waals surface area contributed by atoms with Crippen LogP contribution in [0.3, 0.4) is 0 Å². The molecule has 1 heterocycles. The Bertz CT molecular complexity index is 380. The molecule has 1 aromatic heterocycles. The van der Waals surface area contributed by atoms with Crippen LogP contribution < -0.4 is 0 Å². The lowest BCUT2D eigenvalue weighted by Gasteiger charge is -2.18. The van der Waals surface area contributed by atoms with Gasteiger partial charge in [-0.15, -0.1) is 0 Å². The first-order valence-corrected chi connectivity index (χ1v) is 5.55. The van der Waals surface area contributed by atoms with Crippen molar-refractivity contribution in [2.75, 3.05) is 34.2 Å². The quantitative estimate of drug-likeness (QED) is 0.823. The second-order valence-corrected chi connectivity index (χ2v) is 4.32. The lowest BCUT2D eigenvalue weighted by molar-refractivity contribution is 0.0790. The van der Waals surface area contributed by atoms with Gasteiger partial charge < -0.3 is 14.9 Å². The van der Waals surface area contributed by atoms with Crippen LogP contribution in [0, 0.1) is 0 Å². The second-order valence-electron chi connectivity index (χ2n) is 4.32. The van der Waals surface area contributed by atoms with Gasteiger partial charge in [0, 0.05) is 19.8 Å². The Morgan fingerprint density at radius 3 is 2.59 bits per heavy atom. The van der Waals surface area contributed by atoms with Gasteiger partial charge in [-0.05, 0) is 33.1 Å². The van der Waals surface area contributed by atoms with E-state index >= 15 is 0 Å². The molecule has 0 saturated heterocycles. The summed E-state index contributed by atoms with van der Waals surface area (Å²) in [5.41, 5.74) is 0.414. The third-order valence-corrected chi connectivity index (χ3v) is 2.42. The first kappa shape index (κ1) is 13.4. The van der Waals surface area contributed by atoms with Gasteiger partial charge >= 0.3 is 0 Å². The molecule has 1 rings (SSSR count). The average Bonchev–Trinajstić information content (AvgIpc) is 2.27. The summed E-state index contributed by atoms with van der Waals surface area (Å²) in [5, 5.41) is 9.25. The number of amides is 1. The molecule has 0 radical (unpaired) electrons. The molecule has 0 saturated carbocycles. The molecule has 5 heteroatoms. The van der Waals surface area contributed by atoms with Crippen molar-refractivity contribution in [2.45, 2.75) is 6.42 Å². The van der Waals surface area contributed by atoms with Crippen LogP contribution >= 0.6 is 0 Å². The smallest absolute Gasteiger partial charge is 0.255 e. The van der Waals surface area contributed by atoms with Crippen molar-refractivity contribution in [3.05, 3.63) is 24.0 Å². The monoisotopic (exact) mass is 237 g/mol. The molecular weight excluding hydrogens is 218 g/mol. The summed E-state index contributed by atoms with van der Waals surface area (Å²) in [7, 11) is 5.75. The Hall–Kier alpha value is -1.62. The fourth-order valence-corrected chi connectivity index (χ4v) is 1.49. The first-order valence-electron chi connectivity index (χ1n) is 5.55. The molecule has 0 unspecified atom stereocenters. The van der Waals surface area contributed by atoms with E-state index in [0.717, 1.165) is 13.0 Å². The molecule has 1 amide bonds. The topological polar surface area (TPSA) is 56.7 Å². The zero-order valence-electron chi connectivity index (χ0n) is 10.6. The van der Waals surface area contributed by atoms with Gasteiger partial charge in [0.2, 0.25) is 0 Å². The predicted molar refractivity (Wildman–Crippen MR) is 66.0 cm³/mol. The molecule has 5 nitrogen and oxygen atoms in total. The van der Waals surface area contributed by atoms with Crippen LogP contribution in [0.2, 0.25) is 0 Å². The Kier molecular flexibility index (Phi) is 4.90. The van der Waals surface area contributed by atoms with Gasteiger partial charge in [-0.3, -0.25) is 9.78 Å². The van der Waals surface area contributed by atoms with Crippen LogP contribution in [0.25, 0.3) is 0 Å². The minimum absolute atomic E-state index is 0.0116. The van der Waals surface area contributed by atoms with E-state index in [9.17, 15) is 9.90 Å². The van der Waals surface area contributed by atoms with Crippen molar-refractivity contribution in [3.8, 4) is 5.75 Å². The fraction of sp³-hybridized carbons (Fsp3) is 0.500. The van der Waals surface area contributed by atoms with E-state index in [0.29, 0.717) is 12.1 Å². The zero-order chi connectivity index (χ0) is 12.8. The van der Waals surface area contributed by atoms with Gasteiger partial charge in [-0.1, -0.05) is 0 Å². The normalized spacial score (nSPS) is 10.6. The van der Waals surface area contributed by atoms with Gasteiger partial charge in [0.05, 0.1) is 11.8 Å². The number of carbonyl (C=O) groups excluding carboxylic acids is 1. The predicted octanol–water partition coefficient (Wildman–Crippen LogP) is 0.811. The molecule has 0 aliphatic heterocycles. The van der Waals surface area contributed by atoms with Gasteiger partial charge in [0.25, 0.3) is 5.91 Å². The van der Waals surface area contributed by atoms with E-state index in [1.54, 1.807) is 11.9 Å². The number of hydrogen-bond acceptors (Lipinski definition) is 4. The Morgan fingerprint density at radius 1 is 1.29 bits per heavy atom. The Morgan fingerprint density at radius 2 is 2.00 bits per heavy atom. The molecule has 0 atom stereocenters. The third kappa shape index (κ3) is 4.40. The number of carbonyl (C=O) groups is 1. The van der Waals surface area contributed by atoms with E-state index in [1.165, 1.54) is 18.5 Å². The Labute approximate surface area is 102 Å². The van der Waals surface area contributed by atoms with Crippen LogP contribution in [0.1, 0.15) is 16.8 Å². The Balaban J connectivity index is 2.52. The highest BCUT2D eigenvalue weighted by atomic mass is 16.3. The fourth-order valence-electron chi connectivity index (χ4n) is 1.49. The minimum Gasteiger partial charge on any atom is -0.506 e. The van der Waals surface area contributed by atoms with Crippen LogP contribution in [-0.2, 0) is 0 Å². The highest BCUT2D eigenvalue weighted by Crippen LogP contribution is 2.10. The molecule has 0 fully saturated rings. The number of hydrogen-bond donors (Lipinski definition) is 1. The summed E-state index contributed by atoms with van der Waals surface area (Å²) in [6, 6.07) is 1.43. The van der Waals surface area contributed by atoms with Crippen molar-refractivity contribution in [2.24, 2.45) is 0 Å². The largest absolute Gasteiger partial charge is 0.506 e. The van der Waals surface area contributed by atoms with Gasteiger partial charge in [-0.2, -0.15) is 0 Å². The SMILES string of the molecule is CN(C)CCCN(C)C(=O)c1cncc(O)c1. The molecule has 0 spiro atoms. The second kappa shape index (κ2) is 6.20. The summed E-state index contributed by atoms with van der Waals surface area (Å²) in [6.07, 6.45) is 3.69. The van der Waals surface area contributed by atoms with E-state index in [1.807, 2.05) is 14.1 Å². The van der Waals surface area contributed by atoms with Crippen molar-refractivity contribution in [3.63, 3.8) is 0 Å². The summed E-state index contributed by atoms with van der Waals surface area (Å²) in [6.45, 7) is 1.63. The van der Waals surface area contributed by atoms with Crippen LogP contribution in [0.5, 0.6) is 5.75 Å². The minimum atomic E-state index is -0.118. The maximum absolute atomic E-state index is 11.9. The average molecular weight is 237 g/mol. The third-order valence-electron chi connectivity index (χ3n) is 2.42. The highest BCUT2D eigenvalue weighted by Gasteiger charge is 2.12. The number of aromatic hydroxyl groups is 1. The maximum atomic E-state index is 11.9. The molecular formula is C12H19N3O2. The van der Waals surface area contributed by atoms with Crippen molar-refractivity contribution < 1.29 is 9.90 Å². The molecule has 0 aliphatic rings. The molecule has 0 bridgehead atoms. The standard InChI is InChI=1S/C12H19N3O2/c1-14(2)5-4-6-15(3)12(17)10-7-11(16)9-13-8-10/h7-9,16H,4-6H2,1-3H3.